The van der Waals surface area contributed by atoms with Gasteiger partial charge in [0.05, 0.1) is 25.6 Å². The van der Waals surface area contributed by atoms with Crippen molar-refractivity contribution >= 4 is 12.2 Å². The molecule has 1 aliphatic rings. The Balaban J connectivity index is 1.65. The Labute approximate surface area is 189 Å². The minimum absolute atomic E-state index is 0.111. The molecule has 0 N–H and O–H groups in total. The van der Waals surface area contributed by atoms with Crippen molar-refractivity contribution in [3.63, 3.8) is 0 Å². The Hall–Kier alpha value is -2.22. The standard InChI is InChI=1S/C24H32N4O2S/c1-24(2,3)19-9-7-18(8-10-19)22-25-28(17-26-13-11-20(29-4)12-14-26)23(31)27(22)16-21-6-5-15-30-21/h5-10,15,20H,11-14,16-17H2,1-4H3. The second-order valence-electron chi connectivity index (χ2n) is 9.29. The van der Waals surface area contributed by atoms with Crippen LogP contribution in [0.4, 0.5) is 0 Å². The monoisotopic (exact) mass is 440 g/mol. The van der Waals surface area contributed by atoms with Crippen molar-refractivity contribution in [1.82, 2.24) is 19.2 Å². The molecular formula is C24H32N4O2S. The molecule has 4 rings (SSSR count). The van der Waals surface area contributed by atoms with E-state index in [1.165, 1.54) is 5.56 Å². The smallest absolute Gasteiger partial charge is 0.199 e. The summed E-state index contributed by atoms with van der Waals surface area (Å²) in [6.45, 7) is 9.90. The van der Waals surface area contributed by atoms with Gasteiger partial charge in [0.1, 0.15) is 5.76 Å². The van der Waals surface area contributed by atoms with Gasteiger partial charge in [-0.3, -0.25) is 9.47 Å². The van der Waals surface area contributed by atoms with Crippen LogP contribution in [0.3, 0.4) is 0 Å². The third kappa shape index (κ3) is 5.00. The van der Waals surface area contributed by atoms with Gasteiger partial charge >= 0.3 is 0 Å². The maximum absolute atomic E-state index is 5.86. The minimum atomic E-state index is 0.111. The van der Waals surface area contributed by atoms with Gasteiger partial charge in [-0.1, -0.05) is 45.0 Å². The molecule has 3 heterocycles. The lowest BCUT2D eigenvalue weighted by atomic mass is 9.87. The number of nitrogens with zero attached hydrogens (tertiary/aromatic N) is 4. The molecular weight excluding hydrogens is 408 g/mol. The first kappa shape index (κ1) is 22.0. The Bertz CT molecular complexity index is 1040. The number of hydrogen-bond donors (Lipinski definition) is 0. The van der Waals surface area contributed by atoms with Crippen LogP contribution in [0.15, 0.2) is 47.1 Å². The Kier molecular flexibility index (Phi) is 6.46. The first-order valence-corrected chi connectivity index (χ1v) is 11.3. The number of piperidine rings is 1. The molecule has 1 fully saturated rings. The average molecular weight is 441 g/mol. The van der Waals surface area contributed by atoms with Gasteiger partial charge in [-0.2, -0.15) is 5.10 Å². The van der Waals surface area contributed by atoms with Crippen molar-refractivity contribution in [3.8, 4) is 11.4 Å². The molecule has 6 nitrogen and oxygen atoms in total. The quantitative estimate of drug-likeness (QED) is 0.500. The van der Waals surface area contributed by atoms with Gasteiger partial charge in [-0.05, 0) is 48.2 Å². The van der Waals surface area contributed by atoms with E-state index in [-0.39, 0.29) is 5.41 Å². The summed E-state index contributed by atoms with van der Waals surface area (Å²) in [5.74, 6) is 1.73. The summed E-state index contributed by atoms with van der Waals surface area (Å²) in [5, 5.41) is 4.95. The van der Waals surface area contributed by atoms with Crippen molar-refractivity contribution in [3.05, 3.63) is 58.8 Å². The third-order valence-corrected chi connectivity index (χ3v) is 6.46. The van der Waals surface area contributed by atoms with Gasteiger partial charge in [-0.15, -0.1) is 0 Å². The van der Waals surface area contributed by atoms with Crippen molar-refractivity contribution in [1.29, 1.82) is 0 Å². The summed E-state index contributed by atoms with van der Waals surface area (Å²) >= 11 is 5.86. The highest BCUT2D eigenvalue weighted by Crippen LogP contribution is 2.26. The topological polar surface area (TPSA) is 48.4 Å². The van der Waals surface area contributed by atoms with Crippen LogP contribution < -0.4 is 0 Å². The predicted molar refractivity (Wildman–Crippen MR) is 125 cm³/mol. The van der Waals surface area contributed by atoms with E-state index >= 15 is 0 Å². The van der Waals surface area contributed by atoms with Gasteiger partial charge in [0.25, 0.3) is 0 Å². The minimum Gasteiger partial charge on any atom is -0.467 e. The van der Waals surface area contributed by atoms with Crippen LogP contribution in [0.25, 0.3) is 11.4 Å². The average Bonchev–Trinajstić information content (AvgIpc) is 3.38. The highest BCUT2D eigenvalue weighted by molar-refractivity contribution is 7.71. The predicted octanol–water partition coefficient (Wildman–Crippen LogP) is 5.09. The molecule has 0 atom stereocenters. The number of furan rings is 1. The van der Waals surface area contributed by atoms with Gasteiger partial charge in [0.15, 0.2) is 10.6 Å². The van der Waals surface area contributed by atoms with E-state index in [9.17, 15) is 0 Å². The summed E-state index contributed by atoms with van der Waals surface area (Å²) in [7, 11) is 1.80. The van der Waals surface area contributed by atoms with Gasteiger partial charge in [0.2, 0.25) is 0 Å². The highest BCUT2D eigenvalue weighted by atomic mass is 32.1. The third-order valence-electron chi connectivity index (χ3n) is 6.03. The van der Waals surface area contributed by atoms with Crippen molar-refractivity contribution in [2.45, 2.75) is 58.3 Å². The normalized spacial score (nSPS) is 16.1. The molecule has 0 bridgehead atoms. The zero-order valence-electron chi connectivity index (χ0n) is 18.9. The fraction of sp³-hybridized carbons (Fsp3) is 0.500. The van der Waals surface area contributed by atoms with Gasteiger partial charge in [-0.25, -0.2) is 4.68 Å². The molecule has 1 saturated heterocycles. The van der Waals surface area contributed by atoms with Crippen molar-refractivity contribution < 1.29 is 9.15 Å². The molecule has 1 aromatic carbocycles. The van der Waals surface area contributed by atoms with E-state index in [1.54, 1.807) is 13.4 Å². The lowest BCUT2D eigenvalue weighted by Gasteiger charge is -2.30. The van der Waals surface area contributed by atoms with Crippen LogP contribution in [-0.2, 0) is 23.4 Å². The SMILES string of the molecule is COC1CCN(Cn2nc(-c3ccc(C(C)(C)C)cc3)n(Cc3ccco3)c2=S)CC1. The molecule has 0 unspecified atom stereocenters. The number of ether oxygens (including phenoxy) is 1. The number of hydrogen-bond acceptors (Lipinski definition) is 5. The molecule has 3 aromatic rings. The zero-order chi connectivity index (χ0) is 22.0. The first-order chi connectivity index (χ1) is 14.8. The molecule has 0 spiro atoms. The molecule has 166 valence electrons. The summed E-state index contributed by atoms with van der Waals surface area (Å²) in [6.07, 6.45) is 4.13. The fourth-order valence-corrected chi connectivity index (χ4v) is 4.29. The lowest BCUT2D eigenvalue weighted by molar-refractivity contribution is 0.0301. The fourth-order valence-electron chi connectivity index (χ4n) is 4.04. The van der Waals surface area contributed by atoms with Crippen LogP contribution in [0.5, 0.6) is 0 Å². The molecule has 7 heteroatoms. The van der Waals surface area contributed by atoms with Gasteiger partial charge < -0.3 is 9.15 Å². The summed E-state index contributed by atoms with van der Waals surface area (Å²) in [6, 6.07) is 12.5. The number of aromatic nitrogens is 3. The second kappa shape index (κ2) is 9.10. The van der Waals surface area contributed by atoms with Crippen LogP contribution in [-0.4, -0.2) is 45.6 Å². The molecule has 0 saturated carbocycles. The summed E-state index contributed by atoms with van der Waals surface area (Å²) in [4.78, 5) is 2.39. The Morgan fingerprint density at radius 3 is 2.42 bits per heavy atom. The lowest BCUT2D eigenvalue weighted by Crippen LogP contribution is -2.38. The molecule has 2 aromatic heterocycles. The molecule has 31 heavy (non-hydrogen) atoms. The number of rotatable bonds is 6. The number of likely N-dealkylation sites (tertiary alicyclic amines) is 1. The van der Waals surface area contributed by atoms with Crippen molar-refractivity contribution in [2.24, 2.45) is 0 Å². The second-order valence-corrected chi connectivity index (χ2v) is 9.66. The molecule has 0 radical (unpaired) electrons. The number of methoxy groups -OCH3 is 1. The molecule has 1 aliphatic heterocycles. The Morgan fingerprint density at radius 1 is 1.13 bits per heavy atom. The van der Waals surface area contributed by atoms with E-state index in [0.29, 0.717) is 24.1 Å². The molecule has 0 amide bonds. The highest BCUT2D eigenvalue weighted by Gasteiger charge is 2.21. The largest absolute Gasteiger partial charge is 0.467 e. The van der Waals surface area contributed by atoms with E-state index in [4.69, 9.17) is 26.5 Å². The van der Waals surface area contributed by atoms with Crippen molar-refractivity contribution in [2.75, 3.05) is 20.2 Å². The molecule has 0 aliphatic carbocycles. The van der Waals surface area contributed by atoms with E-state index in [0.717, 1.165) is 43.1 Å². The van der Waals surface area contributed by atoms with E-state index in [1.807, 2.05) is 16.8 Å². The maximum atomic E-state index is 5.86. The maximum Gasteiger partial charge on any atom is 0.199 e. The Morgan fingerprint density at radius 2 is 1.84 bits per heavy atom. The number of benzene rings is 1. The van der Waals surface area contributed by atoms with Crippen LogP contribution >= 0.6 is 12.2 Å². The summed E-state index contributed by atoms with van der Waals surface area (Å²) in [5.41, 5.74) is 2.47. The zero-order valence-corrected chi connectivity index (χ0v) is 19.7. The summed E-state index contributed by atoms with van der Waals surface area (Å²) < 4.78 is 15.8. The first-order valence-electron chi connectivity index (χ1n) is 10.9. The van der Waals surface area contributed by atoms with Crippen LogP contribution in [0, 0.1) is 4.77 Å². The van der Waals surface area contributed by atoms with Crippen LogP contribution in [0.1, 0.15) is 44.9 Å². The van der Waals surface area contributed by atoms with Gasteiger partial charge in [0, 0.05) is 25.8 Å². The van der Waals surface area contributed by atoms with E-state index < -0.39 is 0 Å². The van der Waals surface area contributed by atoms with E-state index in [2.05, 4.69) is 54.5 Å². The van der Waals surface area contributed by atoms with Crippen LogP contribution in [0.2, 0.25) is 0 Å².